The average Bonchev–Trinajstić information content (AvgIpc) is 2.74. The van der Waals surface area contributed by atoms with Crippen LogP contribution in [0.3, 0.4) is 0 Å². The molecule has 1 aromatic heterocycles. The minimum atomic E-state index is 0.196. The fraction of sp³-hybridized carbons (Fsp3) is 0.462. The molecular weight excluding hydrogens is 230 g/mol. The number of oxazole rings is 1. The van der Waals surface area contributed by atoms with E-state index in [4.69, 9.17) is 14.9 Å². The van der Waals surface area contributed by atoms with Crippen LogP contribution in [0.15, 0.2) is 22.6 Å². The molecule has 0 radical (unpaired) electrons. The van der Waals surface area contributed by atoms with Gasteiger partial charge in [-0.2, -0.15) is 4.98 Å². The van der Waals surface area contributed by atoms with Gasteiger partial charge in [-0.3, -0.25) is 0 Å². The molecule has 1 aliphatic rings. The Morgan fingerprint density at radius 3 is 3.06 bits per heavy atom. The summed E-state index contributed by atoms with van der Waals surface area (Å²) >= 11 is 0. The summed E-state index contributed by atoms with van der Waals surface area (Å²) in [6.45, 7) is 5.65. The van der Waals surface area contributed by atoms with Crippen LogP contribution in [0.25, 0.3) is 11.1 Å². The largest absolute Gasteiger partial charge is 0.423 e. The third kappa shape index (κ3) is 1.90. The SMILES string of the molecule is CC1CN(c2nc3ccc(N)cc3o2)C(C)CO1. The lowest BCUT2D eigenvalue weighted by Crippen LogP contribution is -2.47. The van der Waals surface area contributed by atoms with Crippen LogP contribution in [0, 0.1) is 0 Å². The lowest BCUT2D eigenvalue weighted by molar-refractivity contribution is 0.0324. The van der Waals surface area contributed by atoms with Crippen molar-refractivity contribution in [2.75, 3.05) is 23.8 Å². The van der Waals surface area contributed by atoms with E-state index in [9.17, 15) is 0 Å². The molecule has 0 aliphatic carbocycles. The van der Waals surface area contributed by atoms with Gasteiger partial charge in [0.25, 0.3) is 6.01 Å². The fourth-order valence-electron chi connectivity index (χ4n) is 2.22. The molecule has 5 nitrogen and oxygen atoms in total. The summed E-state index contributed by atoms with van der Waals surface area (Å²) in [6.07, 6.45) is 0.196. The number of benzene rings is 1. The summed E-state index contributed by atoms with van der Waals surface area (Å²) in [7, 11) is 0. The maximum atomic E-state index is 5.79. The minimum Gasteiger partial charge on any atom is -0.423 e. The molecule has 5 heteroatoms. The molecule has 3 rings (SSSR count). The van der Waals surface area contributed by atoms with E-state index < -0.39 is 0 Å². The third-order valence-electron chi connectivity index (χ3n) is 3.25. The summed E-state index contributed by atoms with van der Waals surface area (Å²) in [5, 5.41) is 0. The summed E-state index contributed by atoms with van der Waals surface area (Å²) in [5.41, 5.74) is 8.00. The molecule has 0 spiro atoms. The minimum absolute atomic E-state index is 0.196. The number of anilines is 2. The van der Waals surface area contributed by atoms with Crippen LogP contribution in [-0.2, 0) is 4.74 Å². The standard InChI is InChI=1S/C13H17N3O2/c1-8-7-17-9(2)6-16(8)13-15-11-4-3-10(14)5-12(11)18-13/h3-5,8-9H,6-7,14H2,1-2H3. The summed E-state index contributed by atoms with van der Waals surface area (Å²) in [6, 6.07) is 6.44. The molecule has 1 aromatic carbocycles. The maximum absolute atomic E-state index is 5.79. The summed E-state index contributed by atoms with van der Waals surface area (Å²) in [4.78, 5) is 6.65. The van der Waals surface area contributed by atoms with Crippen LogP contribution >= 0.6 is 0 Å². The number of ether oxygens (including phenoxy) is 1. The maximum Gasteiger partial charge on any atom is 0.298 e. The fourth-order valence-corrected chi connectivity index (χ4v) is 2.22. The molecule has 2 N–H and O–H groups in total. The Bertz CT molecular complexity index is 566. The number of aromatic nitrogens is 1. The van der Waals surface area contributed by atoms with E-state index in [1.165, 1.54) is 0 Å². The van der Waals surface area contributed by atoms with E-state index in [0.717, 1.165) is 17.6 Å². The van der Waals surface area contributed by atoms with E-state index in [0.29, 0.717) is 18.3 Å². The van der Waals surface area contributed by atoms with Gasteiger partial charge in [-0.1, -0.05) is 0 Å². The first-order valence-electron chi connectivity index (χ1n) is 6.18. The van der Waals surface area contributed by atoms with Crippen molar-refractivity contribution >= 4 is 22.8 Å². The highest BCUT2D eigenvalue weighted by molar-refractivity contribution is 5.78. The summed E-state index contributed by atoms with van der Waals surface area (Å²) < 4.78 is 11.4. The molecule has 2 unspecified atom stereocenters. The van der Waals surface area contributed by atoms with E-state index in [1.54, 1.807) is 6.07 Å². The molecule has 1 aliphatic heterocycles. The lowest BCUT2D eigenvalue weighted by atomic mass is 10.2. The van der Waals surface area contributed by atoms with Gasteiger partial charge in [0, 0.05) is 18.3 Å². The first-order chi connectivity index (χ1) is 8.63. The second kappa shape index (κ2) is 4.17. The highest BCUT2D eigenvalue weighted by atomic mass is 16.5. The second-order valence-electron chi connectivity index (χ2n) is 4.87. The molecule has 2 heterocycles. The number of fused-ring (bicyclic) bond motifs is 1. The molecular formula is C13H17N3O2. The van der Waals surface area contributed by atoms with Crippen molar-refractivity contribution in [3.8, 4) is 0 Å². The van der Waals surface area contributed by atoms with Gasteiger partial charge in [0.05, 0.1) is 18.8 Å². The van der Waals surface area contributed by atoms with Crippen molar-refractivity contribution in [2.24, 2.45) is 0 Å². The van der Waals surface area contributed by atoms with Crippen LogP contribution < -0.4 is 10.6 Å². The molecule has 96 valence electrons. The Labute approximate surface area is 106 Å². The Hall–Kier alpha value is -1.75. The van der Waals surface area contributed by atoms with Gasteiger partial charge < -0.3 is 19.8 Å². The van der Waals surface area contributed by atoms with Gasteiger partial charge in [-0.25, -0.2) is 0 Å². The molecule has 2 aromatic rings. The molecule has 0 saturated carbocycles. The zero-order chi connectivity index (χ0) is 12.7. The second-order valence-corrected chi connectivity index (χ2v) is 4.87. The van der Waals surface area contributed by atoms with Crippen LogP contribution in [0.1, 0.15) is 13.8 Å². The number of nitrogens with two attached hydrogens (primary N) is 1. The summed E-state index contributed by atoms with van der Waals surface area (Å²) in [5.74, 6) is 0. The Kier molecular flexibility index (Phi) is 2.63. The highest BCUT2D eigenvalue weighted by Crippen LogP contribution is 2.26. The lowest BCUT2D eigenvalue weighted by Gasteiger charge is -2.35. The van der Waals surface area contributed by atoms with E-state index in [-0.39, 0.29) is 12.1 Å². The van der Waals surface area contributed by atoms with Crippen LogP contribution in [0.5, 0.6) is 0 Å². The van der Waals surface area contributed by atoms with E-state index >= 15 is 0 Å². The number of hydrogen-bond acceptors (Lipinski definition) is 5. The zero-order valence-electron chi connectivity index (χ0n) is 10.6. The van der Waals surface area contributed by atoms with Gasteiger partial charge in [-0.15, -0.1) is 0 Å². The molecule has 0 amide bonds. The Balaban J connectivity index is 1.97. The van der Waals surface area contributed by atoms with E-state index in [2.05, 4.69) is 23.7 Å². The van der Waals surface area contributed by atoms with Gasteiger partial charge in [0.15, 0.2) is 5.58 Å². The van der Waals surface area contributed by atoms with Crippen molar-refractivity contribution in [1.82, 2.24) is 4.98 Å². The molecule has 1 fully saturated rings. The highest BCUT2D eigenvalue weighted by Gasteiger charge is 2.27. The predicted molar refractivity (Wildman–Crippen MR) is 70.6 cm³/mol. The van der Waals surface area contributed by atoms with Crippen LogP contribution in [0.2, 0.25) is 0 Å². The first kappa shape index (κ1) is 11.3. The van der Waals surface area contributed by atoms with Gasteiger partial charge in [0.1, 0.15) is 5.52 Å². The zero-order valence-corrected chi connectivity index (χ0v) is 10.6. The molecule has 18 heavy (non-hydrogen) atoms. The average molecular weight is 247 g/mol. The van der Waals surface area contributed by atoms with Crippen molar-refractivity contribution in [3.63, 3.8) is 0 Å². The third-order valence-corrected chi connectivity index (χ3v) is 3.25. The first-order valence-corrected chi connectivity index (χ1v) is 6.18. The quantitative estimate of drug-likeness (QED) is 0.781. The normalized spacial score (nSPS) is 24.7. The number of rotatable bonds is 1. The van der Waals surface area contributed by atoms with Crippen molar-refractivity contribution < 1.29 is 9.15 Å². The Morgan fingerprint density at radius 2 is 2.22 bits per heavy atom. The predicted octanol–water partition coefficient (Wildman–Crippen LogP) is 2.02. The van der Waals surface area contributed by atoms with Crippen LogP contribution in [-0.4, -0.2) is 30.3 Å². The number of morpholine rings is 1. The van der Waals surface area contributed by atoms with Crippen molar-refractivity contribution in [1.29, 1.82) is 0 Å². The van der Waals surface area contributed by atoms with Crippen LogP contribution in [0.4, 0.5) is 11.7 Å². The Morgan fingerprint density at radius 1 is 1.39 bits per heavy atom. The molecule has 0 bridgehead atoms. The monoisotopic (exact) mass is 247 g/mol. The topological polar surface area (TPSA) is 64.5 Å². The molecule has 1 saturated heterocycles. The van der Waals surface area contributed by atoms with E-state index in [1.807, 2.05) is 12.1 Å². The smallest absolute Gasteiger partial charge is 0.298 e. The molecule has 2 atom stereocenters. The van der Waals surface area contributed by atoms with Gasteiger partial charge in [-0.05, 0) is 26.0 Å². The number of hydrogen-bond donors (Lipinski definition) is 1. The van der Waals surface area contributed by atoms with Crippen molar-refractivity contribution in [3.05, 3.63) is 18.2 Å². The van der Waals surface area contributed by atoms with Gasteiger partial charge in [0.2, 0.25) is 0 Å². The number of nitrogen functional groups attached to an aromatic ring is 1. The number of nitrogens with zero attached hydrogens (tertiary/aromatic N) is 2. The van der Waals surface area contributed by atoms with Crippen molar-refractivity contribution in [2.45, 2.75) is 26.0 Å². The van der Waals surface area contributed by atoms with Gasteiger partial charge >= 0.3 is 0 Å².